The van der Waals surface area contributed by atoms with Gasteiger partial charge in [0.05, 0.1) is 13.0 Å². The van der Waals surface area contributed by atoms with Gasteiger partial charge in [0.1, 0.15) is 6.33 Å². The number of hydrogen-bond acceptors (Lipinski definition) is 4. The van der Waals surface area contributed by atoms with E-state index in [0.717, 1.165) is 11.1 Å². The largest absolute Gasteiger partial charge is 0.481 e. The van der Waals surface area contributed by atoms with Gasteiger partial charge in [0, 0.05) is 0 Å². The standard InChI is InChI=1S/C11H12N4O2/c12-11-13-7-15(14-11)6-9-4-2-1-3-8(9)5-10(16)17/h1-4,7H,5-6H2,(H2,12,14)(H,16,17). The number of carboxylic acids is 1. The lowest BCUT2D eigenvalue weighted by Gasteiger charge is -2.06. The second-order valence-electron chi connectivity index (χ2n) is 3.64. The van der Waals surface area contributed by atoms with Crippen LogP contribution >= 0.6 is 0 Å². The third kappa shape index (κ3) is 2.81. The fourth-order valence-corrected chi connectivity index (χ4v) is 1.61. The van der Waals surface area contributed by atoms with E-state index in [-0.39, 0.29) is 12.4 Å². The Morgan fingerprint density at radius 2 is 2.06 bits per heavy atom. The summed E-state index contributed by atoms with van der Waals surface area (Å²) in [6.07, 6.45) is 1.52. The third-order valence-corrected chi connectivity index (χ3v) is 2.35. The molecule has 0 fully saturated rings. The lowest BCUT2D eigenvalue weighted by atomic mass is 10.0. The highest BCUT2D eigenvalue weighted by atomic mass is 16.4. The number of nitrogen functional groups attached to an aromatic ring is 1. The van der Waals surface area contributed by atoms with Crippen LogP contribution in [0, 0.1) is 0 Å². The summed E-state index contributed by atoms with van der Waals surface area (Å²) in [6.45, 7) is 0.466. The molecule has 0 aliphatic rings. The topological polar surface area (TPSA) is 94.0 Å². The van der Waals surface area contributed by atoms with Crippen LogP contribution in [-0.4, -0.2) is 25.8 Å². The molecule has 0 radical (unpaired) electrons. The number of anilines is 1. The van der Waals surface area contributed by atoms with Gasteiger partial charge in [-0.15, -0.1) is 5.10 Å². The molecule has 0 aliphatic carbocycles. The van der Waals surface area contributed by atoms with Crippen molar-refractivity contribution < 1.29 is 9.90 Å². The van der Waals surface area contributed by atoms with Gasteiger partial charge in [-0.3, -0.25) is 4.79 Å². The average Bonchev–Trinajstić information content (AvgIpc) is 2.66. The zero-order valence-electron chi connectivity index (χ0n) is 9.08. The van der Waals surface area contributed by atoms with Crippen LogP contribution in [0.1, 0.15) is 11.1 Å². The molecule has 2 rings (SSSR count). The van der Waals surface area contributed by atoms with Crippen LogP contribution in [0.25, 0.3) is 0 Å². The molecule has 0 spiro atoms. The van der Waals surface area contributed by atoms with E-state index in [0.29, 0.717) is 6.54 Å². The summed E-state index contributed by atoms with van der Waals surface area (Å²) in [5.74, 6) is -0.642. The third-order valence-electron chi connectivity index (χ3n) is 2.35. The Kier molecular flexibility index (Phi) is 3.04. The maximum Gasteiger partial charge on any atom is 0.307 e. The van der Waals surface area contributed by atoms with Crippen molar-refractivity contribution in [2.75, 3.05) is 5.73 Å². The Labute approximate surface area is 97.7 Å². The van der Waals surface area contributed by atoms with Crippen molar-refractivity contribution in [2.24, 2.45) is 0 Å². The molecule has 0 unspecified atom stereocenters. The molecule has 0 aliphatic heterocycles. The molecule has 1 aromatic heterocycles. The predicted molar refractivity (Wildman–Crippen MR) is 61.3 cm³/mol. The van der Waals surface area contributed by atoms with E-state index in [1.165, 1.54) is 6.33 Å². The predicted octanol–water partition coefficient (Wildman–Crippen LogP) is 0.536. The van der Waals surface area contributed by atoms with Crippen molar-refractivity contribution in [1.29, 1.82) is 0 Å². The fourth-order valence-electron chi connectivity index (χ4n) is 1.61. The van der Waals surface area contributed by atoms with Crippen molar-refractivity contribution in [3.63, 3.8) is 0 Å². The lowest BCUT2D eigenvalue weighted by Crippen LogP contribution is -2.07. The smallest absolute Gasteiger partial charge is 0.307 e. The molecule has 6 nitrogen and oxygen atoms in total. The van der Waals surface area contributed by atoms with Gasteiger partial charge in [-0.2, -0.15) is 0 Å². The quantitative estimate of drug-likeness (QED) is 0.802. The minimum atomic E-state index is -0.851. The SMILES string of the molecule is Nc1ncn(Cc2ccccc2CC(=O)O)n1. The Balaban J connectivity index is 2.23. The van der Waals surface area contributed by atoms with Gasteiger partial charge < -0.3 is 10.8 Å². The molecule has 17 heavy (non-hydrogen) atoms. The summed E-state index contributed by atoms with van der Waals surface area (Å²) in [6, 6.07) is 7.35. The Morgan fingerprint density at radius 3 is 2.65 bits per heavy atom. The van der Waals surface area contributed by atoms with Crippen molar-refractivity contribution in [3.8, 4) is 0 Å². The van der Waals surface area contributed by atoms with E-state index in [9.17, 15) is 4.79 Å². The van der Waals surface area contributed by atoms with E-state index in [1.807, 2.05) is 18.2 Å². The molecular weight excluding hydrogens is 220 g/mol. The first-order valence-corrected chi connectivity index (χ1v) is 5.08. The van der Waals surface area contributed by atoms with Crippen LogP contribution in [0.2, 0.25) is 0 Å². The fraction of sp³-hybridized carbons (Fsp3) is 0.182. The summed E-state index contributed by atoms with van der Waals surface area (Å²) in [7, 11) is 0. The van der Waals surface area contributed by atoms with E-state index in [4.69, 9.17) is 10.8 Å². The molecule has 0 atom stereocenters. The monoisotopic (exact) mass is 232 g/mol. The second-order valence-corrected chi connectivity index (χ2v) is 3.64. The molecule has 0 bridgehead atoms. The number of hydrogen-bond donors (Lipinski definition) is 2. The minimum Gasteiger partial charge on any atom is -0.481 e. The molecule has 6 heteroatoms. The second kappa shape index (κ2) is 4.65. The normalized spacial score (nSPS) is 10.4. The molecule has 3 N–H and O–H groups in total. The summed E-state index contributed by atoms with van der Waals surface area (Å²) in [5, 5.41) is 12.8. The zero-order chi connectivity index (χ0) is 12.3. The zero-order valence-corrected chi connectivity index (χ0v) is 9.08. The first-order chi connectivity index (χ1) is 8.15. The number of carboxylic acid groups (broad SMARTS) is 1. The number of nitrogens with two attached hydrogens (primary N) is 1. The number of carbonyl (C=O) groups is 1. The van der Waals surface area contributed by atoms with Crippen molar-refractivity contribution in [3.05, 3.63) is 41.7 Å². The molecule has 2 aromatic rings. The maximum absolute atomic E-state index is 10.7. The van der Waals surface area contributed by atoms with Gasteiger partial charge in [0.15, 0.2) is 0 Å². The van der Waals surface area contributed by atoms with E-state index in [2.05, 4.69) is 10.1 Å². The first kappa shape index (κ1) is 11.1. The molecule has 1 aromatic carbocycles. The minimum absolute atomic E-state index is 0.000350. The van der Waals surface area contributed by atoms with Crippen LogP contribution in [0.15, 0.2) is 30.6 Å². The number of rotatable bonds is 4. The van der Waals surface area contributed by atoms with Crippen LogP contribution in [0.5, 0.6) is 0 Å². The molecular formula is C11H12N4O2. The highest BCUT2D eigenvalue weighted by Gasteiger charge is 2.07. The number of benzene rings is 1. The number of aliphatic carboxylic acids is 1. The van der Waals surface area contributed by atoms with Gasteiger partial charge in [-0.05, 0) is 11.1 Å². The lowest BCUT2D eigenvalue weighted by molar-refractivity contribution is -0.136. The van der Waals surface area contributed by atoms with Gasteiger partial charge in [0.2, 0.25) is 5.95 Å². The van der Waals surface area contributed by atoms with Crippen LogP contribution < -0.4 is 5.73 Å². The van der Waals surface area contributed by atoms with E-state index in [1.54, 1.807) is 10.7 Å². The van der Waals surface area contributed by atoms with Gasteiger partial charge >= 0.3 is 5.97 Å². The Bertz CT molecular complexity index is 536. The van der Waals surface area contributed by atoms with Crippen molar-refractivity contribution in [2.45, 2.75) is 13.0 Å². The van der Waals surface area contributed by atoms with Crippen LogP contribution in [0.4, 0.5) is 5.95 Å². The molecule has 88 valence electrons. The van der Waals surface area contributed by atoms with Crippen molar-refractivity contribution in [1.82, 2.24) is 14.8 Å². The number of nitrogens with zero attached hydrogens (tertiary/aromatic N) is 3. The van der Waals surface area contributed by atoms with Crippen molar-refractivity contribution >= 4 is 11.9 Å². The first-order valence-electron chi connectivity index (χ1n) is 5.08. The summed E-state index contributed by atoms with van der Waals surface area (Å²) < 4.78 is 1.58. The summed E-state index contributed by atoms with van der Waals surface area (Å²) in [4.78, 5) is 14.5. The average molecular weight is 232 g/mol. The van der Waals surface area contributed by atoms with E-state index < -0.39 is 5.97 Å². The van der Waals surface area contributed by atoms with E-state index >= 15 is 0 Å². The molecule has 0 amide bonds. The van der Waals surface area contributed by atoms with Gasteiger partial charge in [0.25, 0.3) is 0 Å². The Hall–Kier alpha value is -2.37. The summed E-state index contributed by atoms with van der Waals surface area (Å²) in [5.41, 5.74) is 7.09. The highest BCUT2D eigenvalue weighted by Crippen LogP contribution is 2.11. The summed E-state index contributed by atoms with van der Waals surface area (Å²) >= 11 is 0. The number of aromatic nitrogens is 3. The highest BCUT2D eigenvalue weighted by molar-refractivity contribution is 5.70. The van der Waals surface area contributed by atoms with Crippen LogP contribution in [-0.2, 0) is 17.8 Å². The van der Waals surface area contributed by atoms with Crippen LogP contribution in [0.3, 0.4) is 0 Å². The Morgan fingerprint density at radius 1 is 1.35 bits per heavy atom. The maximum atomic E-state index is 10.7. The van der Waals surface area contributed by atoms with Gasteiger partial charge in [-0.1, -0.05) is 24.3 Å². The molecule has 0 saturated heterocycles. The molecule has 1 heterocycles. The molecule has 0 saturated carbocycles. The van der Waals surface area contributed by atoms with Gasteiger partial charge in [-0.25, -0.2) is 9.67 Å².